The van der Waals surface area contributed by atoms with Gasteiger partial charge in [0.25, 0.3) is 0 Å². The SMILES string of the molecule is CC(C)CNCc1nnc(N2CCN(C)CC2C)o1. The molecule has 108 valence electrons. The fraction of sp³-hybridized carbons (Fsp3) is 0.846. The van der Waals surface area contributed by atoms with Crippen LogP contribution in [0.15, 0.2) is 4.42 Å². The van der Waals surface area contributed by atoms with Crippen molar-refractivity contribution < 1.29 is 4.42 Å². The van der Waals surface area contributed by atoms with Crippen molar-refractivity contribution in [3.8, 4) is 0 Å². The van der Waals surface area contributed by atoms with Crippen LogP contribution in [0.5, 0.6) is 0 Å². The molecule has 0 spiro atoms. The minimum absolute atomic E-state index is 0.413. The van der Waals surface area contributed by atoms with Crippen LogP contribution in [0.25, 0.3) is 0 Å². The van der Waals surface area contributed by atoms with Gasteiger partial charge in [0.15, 0.2) is 0 Å². The van der Waals surface area contributed by atoms with E-state index in [1.807, 2.05) is 0 Å². The van der Waals surface area contributed by atoms with Gasteiger partial charge in [0.05, 0.1) is 6.54 Å². The molecule has 1 aromatic heterocycles. The van der Waals surface area contributed by atoms with Crippen molar-refractivity contribution in [2.45, 2.75) is 33.4 Å². The molecule has 1 unspecified atom stereocenters. The summed E-state index contributed by atoms with van der Waals surface area (Å²) < 4.78 is 5.73. The van der Waals surface area contributed by atoms with Crippen LogP contribution in [-0.2, 0) is 6.54 Å². The van der Waals surface area contributed by atoms with Crippen molar-refractivity contribution >= 4 is 6.01 Å². The van der Waals surface area contributed by atoms with Crippen molar-refractivity contribution in [1.82, 2.24) is 20.4 Å². The molecule has 1 aliphatic rings. The van der Waals surface area contributed by atoms with Gasteiger partial charge in [0.2, 0.25) is 5.89 Å². The summed E-state index contributed by atoms with van der Waals surface area (Å²) in [7, 11) is 2.14. The molecule has 0 radical (unpaired) electrons. The first-order valence-electron chi connectivity index (χ1n) is 7.04. The Morgan fingerprint density at radius 3 is 2.84 bits per heavy atom. The second-order valence-corrected chi connectivity index (χ2v) is 5.81. The molecule has 6 nitrogen and oxygen atoms in total. The zero-order valence-electron chi connectivity index (χ0n) is 12.4. The number of aromatic nitrogens is 2. The Morgan fingerprint density at radius 2 is 2.16 bits per heavy atom. The molecule has 1 saturated heterocycles. The second kappa shape index (κ2) is 6.34. The summed E-state index contributed by atoms with van der Waals surface area (Å²) in [5, 5.41) is 11.6. The number of anilines is 1. The Morgan fingerprint density at radius 1 is 1.37 bits per heavy atom. The van der Waals surface area contributed by atoms with Gasteiger partial charge in [-0.25, -0.2) is 0 Å². The van der Waals surface area contributed by atoms with Crippen molar-refractivity contribution in [3.63, 3.8) is 0 Å². The number of nitrogens with one attached hydrogen (secondary N) is 1. The number of hydrogen-bond acceptors (Lipinski definition) is 6. The van der Waals surface area contributed by atoms with Gasteiger partial charge in [-0.15, -0.1) is 5.10 Å². The highest BCUT2D eigenvalue weighted by atomic mass is 16.4. The molecule has 1 atom stereocenters. The van der Waals surface area contributed by atoms with Crippen LogP contribution in [0.2, 0.25) is 0 Å². The molecule has 0 aliphatic carbocycles. The van der Waals surface area contributed by atoms with E-state index in [9.17, 15) is 0 Å². The van der Waals surface area contributed by atoms with E-state index < -0.39 is 0 Å². The van der Waals surface area contributed by atoms with Gasteiger partial charge in [-0.1, -0.05) is 18.9 Å². The van der Waals surface area contributed by atoms with Crippen molar-refractivity contribution in [3.05, 3.63) is 5.89 Å². The Balaban J connectivity index is 1.89. The van der Waals surface area contributed by atoms with E-state index >= 15 is 0 Å². The summed E-state index contributed by atoms with van der Waals surface area (Å²) in [4.78, 5) is 4.52. The van der Waals surface area contributed by atoms with Gasteiger partial charge in [-0.3, -0.25) is 0 Å². The molecule has 2 heterocycles. The maximum Gasteiger partial charge on any atom is 0.318 e. The zero-order valence-corrected chi connectivity index (χ0v) is 12.4. The molecule has 6 heteroatoms. The topological polar surface area (TPSA) is 57.4 Å². The molecule has 0 bridgehead atoms. The minimum Gasteiger partial charge on any atom is -0.407 e. The average molecular weight is 267 g/mol. The molecular weight excluding hydrogens is 242 g/mol. The lowest BCUT2D eigenvalue weighted by Gasteiger charge is -2.36. The quantitative estimate of drug-likeness (QED) is 0.857. The summed E-state index contributed by atoms with van der Waals surface area (Å²) in [5.74, 6) is 1.29. The number of nitrogens with zero attached hydrogens (tertiary/aromatic N) is 4. The van der Waals surface area contributed by atoms with Gasteiger partial charge in [-0.05, 0) is 26.4 Å². The van der Waals surface area contributed by atoms with E-state index in [4.69, 9.17) is 4.42 Å². The predicted molar refractivity (Wildman–Crippen MR) is 75.1 cm³/mol. The summed E-state index contributed by atoms with van der Waals surface area (Å²) in [6, 6.07) is 1.07. The van der Waals surface area contributed by atoms with E-state index in [1.165, 1.54) is 0 Å². The first kappa shape index (κ1) is 14.3. The summed E-state index contributed by atoms with van der Waals surface area (Å²) >= 11 is 0. The van der Waals surface area contributed by atoms with Crippen LogP contribution >= 0.6 is 0 Å². The molecular formula is C13H25N5O. The molecule has 1 fully saturated rings. The molecule has 19 heavy (non-hydrogen) atoms. The standard InChI is InChI=1S/C13H25N5O/c1-10(2)7-14-8-12-15-16-13(19-12)18-6-5-17(4)9-11(18)3/h10-11,14H,5-9H2,1-4H3. The zero-order chi connectivity index (χ0) is 13.8. The van der Waals surface area contributed by atoms with Gasteiger partial charge in [0.1, 0.15) is 0 Å². The summed E-state index contributed by atoms with van der Waals surface area (Å²) in [6.07, 6.45) is 0. The molecule has 0 amide bonds. The molecule has 1 aromatic rings. The van der Waals surface area contributed by atoms with Gasteiger partial charge in [-0.2, -0.15) is 0 Å². The van der Waals surface area contributed by atoms with Gasteiger partial charge >= 0.3 is 6.01 Å². The van der Waals surface area contributed by atoms with Crippen LogP contribution < -0.4 is 10.2 Å². The highest BCUT2D eigenvalue weighted by Crippen LogP contribution is 2.18. The molecule has 2 rings (SSSR count). The van der Waals surface area contributed by atoms with Gasteiger partial charge in [0, 0.05) is 25.7 Å². The largest absolute Gasteiger partial charge is 0.407 e. The number of rotatable bonds is 5. The number of hydrogen-bond donors (Lipinski definition) is 1. The maximum absolute atomic E-state index is 5.73. The van der Waals surface area contributed by atoms with E-state index in [-0.39, 0.29) is 0 Å². The third-order valence-electron chi connectivity index (χ3n) is 3.36. The van der Waals surface area contributed by atoms with Crippen molar-refractivity contribution in [1.29, 1.82) is 0 Å². The lowest BCUT2D eigenvalue weighted by molar-refractivity contribution is 0.266. The maximum atomic E-state index is 5.73. The summed E-state index contributed by atoms with van der Waals surface area (Å²) in [5.41, 5.74) is 0. The Hall–Kier alpha value is -1.14. The Bertz CT molecular complexity index is 392. The fourth-order valence-electron chi connectivity index (χ4n) is 2.32. The normalized spacial score (nSPS) is 21.3. The first-order chi connectivity index (χ1) is 9.06. The van der Waals surface area contributed by atoms with Crippen molar-refractivity contribution in [2.24, 2.45) is 5.92 Å². The van der Waals surface area contributed by atoms with E-state index in [1.54, 1.807) is 0 Å². The lowest BCUT2D eigenvalue weighted by atomic mass is 10.2. The minimum atomic E-state index is 0.413. The Labute approximate surface area is 115 Å². The second-order valence-electron chi connectivity index (χ2n) is 5.81. The van der Waals surface area contributed by atoms with E-state index in [0.29, 0.717) is 30.4 Å². The lowest BCUT2D eigenvalue weighted by Crippen LogP contribution is -2.50. The third kappa shape index (κ3) is 3.91. The molecule has 1 aliphatic heterocycles. The van der Waals surface area contributed by atoms with Crippen LogP contribution in [0.1, 0.15) is 26.7 Å². The number of likely N-dealkylation sites (N-methyl/N-ethyl adjacent to an activating group) is 1. The predicted octanol–water partition coefficient (Wildman–Crippen LogP) is 0.956. The average Bonchev–Trinajstić information content (AvgIpc) is 2.77. The Kier molecular flexibility index (Phi) is 4.76. The van der Waals surface area contributed by atoms with E-state index in [2.05, 4.69) is 53.1 Å². The van der Waals surface area contributed by atoms with Crippen LogP contribution in [-0.4, -0.2) is 54.4 Å². The van der Waals surface area contributed by atoms with Gasteiger partial charge < -0.3 is 19.5 Å². The monoisotopic (exact) mass is 267 g/mol. The third-order valence-corrected chi connectivity index (χ3v) is 3.36. The van der Waals surface area contributed by atoms with Crippen LogP contribution in [0.3, 0.4) is 0 Å². The molecule has 0 aromatic carbocycles. The molecule has 0 saturated carbocycles. The molecule has 1 N–H and O–H groups in total. The highest BCUT2D eigenvalue weighted by molar-refractivity contribution is 5.27. The first-order valence-corrected chi connectivity index (χ1v) is 7.04. The van der Waals surface area contributed by atoms with Crippen molar-refractivity contribution in [2.75, 3.05) is 38.1 Å². The van der Waals surface area contributed by atoms with E-state index in [0.717, 1.165) is 26.2 Å². The summed E-state index contributed by atoms with van der Waals surface area (Å²) in [6.45, 7) is 11.2. The highest BCUT2D eigenvalue weighted by Gasteiger charge is 2.25. The fourth-order valence-corrected chi connectivity index (χ4v) is 2.32. The smallest absolute Gasteiger partial charge is 0.318 e. The van der Waals surface area contributed by atoms with Crippen LogP contribution in [0.4, 0.5) is 6.01 Å². The van der Waals surface area contributed by atoms with Crippen LogP contribution in [0, 0.1) is 5.92 Å². The number of piperazine rings is 1.